The van der Waals surface area contributed by atoms with Gasteiger partial charge in [0, 0.05) is 19.6 Å². The molecule has 0 aromatic rings. The molecule has 0 aromatic heterocycles. The van der Waals surface area contributed by atoms with Crippen molar-refractivity contribution >= 4 is 11.9 Å². The summed E-state index contributed by atoms with van der Waals surface area (Å²) in [5.74, 6) is 0.0344. The van der Waals surface area contributed by atoms with Gasteiger partial charge in [-0.3, -0.25) is 9.69 Å². The first kappa shape index (κ1) is 14.3. The molecule has 1 atom stereocenters. The van der Waals surface area contributed by atoms with E-state index in [2.05, 4.69) is 4.90 Å². The number of carbonyl (C=O) groups excluding carboxylic acids is 2. The highest BCUT2D eigenvalue weighted by molar-refractivity contribution is 5.86. The Bertz CT molecular complexity index is 340. The summed E-state index contributed by atoms with van der Waals surface area (Å²) in [7, 11) is 1.97. The Kier molecular flexibility index (Phi) is 4.80. The molecule has 0 aromatic carbocycles. The van der Waals surface area contributed by atoms with Crippen LogP contribution in [0, 0.1) is 0 Å². The van der Waals surface area contributed by atoms with Gasteiger partial charge in [-0.15, -0.1) is 0 Å². The lowest BCUT2D eigenvalue weighted by Crippen LogP contribution is -2.57. The van der Waals surface area contributed by atoms with Crippen molar-refractivity contribution in [2.24, 2.45) is 0 Å². The second-order valence-corrected chi connectivity index (χ2v) is 5.73. The molecule has 1 saturated carbocycles. The molecule has 2 aliphatic rings. The van der Waals surface area contributed by atoms with Gasteiger partial charge >= 0.3 is 6.09 Å². The van der Waals surface area contributed by atoms with Crippen LogP contribution in [0.5, 0.6) is 0 Å². The van der Waals surface area contributed by atoms with Gasteiger partial charge in [0.2, 0.25) is 0 Å². The normalized spacial score (nSPS) is 26.2. The van der Waals surface area contributed by atoms with Crippen molar-refractivity contribution in [1.82, 2.24) is 9.80 Å². The van der Waals surface area contributed by atoms with E-state index in [1.807, 2.05) is 7.05 Å². The summed E-state index contributed by atoms with van der Waals surface area (Å²) in [6, 6.07) is -0.352. The van der Waals surface area contributed by atoms with E-state index in [1.54, 1.807) is 11.8 Å². The van der Waals surface area contributed by atoms with Gasteiger partial charge in [0.1, 0.15) is 12.1 Å². The number of hydrogen-bond acceptors (Lipinski definition) is 4. The molecule has 0 radical (unpaired) electrons. The van der Waals surface area contributed by atoms with Crippen molar-refractivity contribution in [2.45, 2.75) is 51.2 Å². The highest BCUT2D eigenvalue weighted by atomic mass is 16.6. The standard InChI is InChI=1S/C14H24N2O3/c1-11(17)13-10-15(2)8-9-16(13)14(18)19-12-6-4-3-5-7-12/h12-13H,3-10H2,1-2H3. The first-order valence-electron chi connectivity index (χ1n) is 7.24. The summed E-state index contributed by atoms with van der Waals surface area (Å²) in [4.78, 5) is 27.6. The maximum Gasteiger partial charge on any atom is 0.410 e. The minimum absolute atomic E-state index is 0.0344. The number of piperazine rings is 1. The lowest BCUT2D eigenvalue weighted by molar-refractivity contribution is -0.123. The number of nitrogens with zero attached hydrogens (tertiary/aromatic N) is 2. The minimum atomic E-state index is -0.352. The topological polar surface area (TPSA) is 49.9 Å². The molecule has 0 spiro atoms. The SMILES string of the molecule is CC(=O)C1CN(C)CCN1C(=O)OC1CCCCC1. The Morgan fingerprint density at radius 3 is 2.42 bits per heavy atom. The molecule has 1 heterocycles. The average Bonchev–Trinajstić information content (AvgIpc) is 2.39. The number of ketones is 1. The van der Waals surface area contributed by atoms with Crippen LogP contribution in [0.1, 0.15) is 39.0 Å². The Morgan fingerprint density at radius 2 is 1.79 bits per heavy atom. The number of ether oxygens (including phenoxy) is 1. The summed E-state index contributed by atoms with van der Waals surface area (Å²) in [6.45, 7) is 3.52. The monoisotopic (exact) mass is 268 g/mol. The van der Waals surface area contributed by atoms with Gasteiger partial charge in [-0.2, -0.15) is 0 Å². The molecule has 1 amide bonds. The third kappa shape index (κ3) is 3.69. The van der Waals surface area contributed by atoms with Gasteiger partial charge in [0.15, 0.2) is 5.78 Å². The molecule has 1 unspecified atom stereocenters. The Balaban J connectivity index is 1.93. The van der Waals surface area contributed by atoms with E-state index in [-0.39, 0.29) is 24.0 Å². The van der Waals surface area contributed by atoms with Gasteiger partial charge in [-0.25, -0.2) is 4.79 Å². The van der Waals surface area contributed by atoms with Crippen LogP contribution < -0.4 is 0 Å². The molecule has 2 fully saturated rings. The Morgan fingerprint density at radius 1 is 1.11 bits per heavy atom. The van der Waals surface area contributed by atoms with Crippen LogP contribution in [0.4, 0.5) is 4.79 Å². The third-order valence-corrected chi connectivity index (χ3v) is 4.11. The van der Waals surface area contributed by atoms with E-state index < -0.39 is 0 Å². The van der Waals surface area contributed by atoms with Crippen molar-refractivity contribution in [3.8, 4) is 0 Å². The van der Waals surface area contributed by atoms with Gasteiger partial charge in [0.05, 0.1) is 0 Å². The quantitative estimate of drug-likeness (QED) is 0.764. The van der Waals surface area contributed by atoms with E-state index in [0.29, 0.717) is 13.1 Å². The zero-order chi connectivity index (χ0) is 13.8. The van der Waals surface area contributed by atoms with Crippen molar-refractivity contribution in [3.63, 3.8) is 0 Å². The molecule has 0 N–H and O–H groups in total. The maximum atomic E-state index is 12.2. The lowest BCUT2D eigenvalue weighted by Gasteiger charge is -2.38. The molecular weight excluding hydrogens is 244 g/mol. The predicted molar refractivity (Wildman–Crippen MR) is 72.0 cm³/mol. The molecule has 0 bridgehead atoms. The van der Waals surface area contributed by atoms with Gasteiger partial charge < -0.3 is 9.64 Å². The number of hydrogen-bond donors (Lipinski definition) is 0. The van der Waals surface area contributed by atoms with E-state index in [4.69, 9.17) is 4.74 Å². The van der Waals surface area contributed by atoms with Crippen LogP contribution in [0.15, 0.2) is 0 Å². The Labute approximate surface area is 114 Å². The second kappa shape index (κ2) is 6.37. The van der Waals surface area contributed by atoms with E-state index in [1.165, 1.54) is 6.42 Å². The van der Waals surface area contributed by atoms with E-state index in [9.17, 15) is 9.59 Å². The summed E-state index contributed by atoms with van der Waals surface area (Å²) in [5, 5.41) is 0. The molecular formula is C14H24N2O3. The van der Waals surface area contributed by atoms with Crippen LogP contribution >= 0.6 is 0 Å². The average molecular weight is 268 g/mol. The second-order valence-electron chi connectivity index (χ2n) is 5.73. The smallest absolute Gasteiger partial charge is 0.410 e. The molecule has 5 nitrogen and oxygen atoms in total. The fourth-order valence-electron chi connectivity index (χ4n) is 2.88. The lowest BCUT2D eigenvalue weighted by atomic mass is 9.98. The molecule has 1 saturated heterocycles. The summed E-state index contributed by atoms with van der Waals surface area (Å²) in [6.07, 6.45) is 5.18. The van der Waals surface area contributed by atoms with Gasteiger partial charge in [-0.1, -0.05) is 6.42 Å². The number of Topliss-reactive ketones (excluding diaryl/α,β-unsaturated/α-hetero) is 1. The zero-order valence-electron chi connectivity index (χ0n) is 11.9. The number of rotatable bonds is 2. The fraction of sp³-hybridized carbons (Fsp3) is 0.857. The van der Waals surface area contributed by atoms with Crippen LogP contribution in [-0.2, 0) is 9.53 Å². The predicted octanol–water partition coefficient (Wildman–Crippen LogP) is 1.66. The highest BCUT2D eigenvalue weighted by Gasteiger charge is 2.34. The van der Waals surface area contributed by atoms with Crippen molar-refractivity contribution in [3.05, 3.63) is 0 Å². The maximum absolute atomic E-state index is 12.2. The number of carbonyl (C=O) groups is 2. The van der Waals surface area contributed by atoms with Crippen LogP contribution in [0.25, 0.3) is 0 Å². The van der Waals surface area contributed by atoms with Gasteiger partial charge in [0.25, 0.3) is 0 Å². The van der Waals surface area contributed by atoms with E-state index >= 15 is 0 Å². The third-order valence-electron chi connectivity index (χ3n) is 4.11. The molecule has 108 valence electrons. The summed E-state index contributed by atoms with van der Waals surface area (Å²) < 4.78 is 5.56. The van der Waals surface area contributed by atoms with Crippen LogP contribution in [-0.4, -0.2) is 60.5 Å². The summed E-state index contributed by atoms with van der Waals surface area (Å²) >= 11 is 0. The van der Waals surface area contributed by atoms with Crippen molar-refractivity contribution in [1.29, 1.82) is 0 Å². The van der Waals surface area contributed by atoms with Crippen molar-refractivity contribution < 1.29 is 14.3 Å². The Hall–Kier alpha value is -1.10. The summed E-state index contributed by atoms with van der Waals surface area (Å²) in [5.41, 5.74) is 0. The molecule has 1 aliphatic heterocycles. The largest absolute Gasteiger partial charge is 0.446 e. The highest BCUT2D eigenvalue weighted by Crippen LogP contribution is 2.22. The molecule has 5 heteroatoms. The van der Waals surface area contributed by atoms with Crippen LogP contribution in [0.2, 0.25) is 0 Å². The number of amides is 1. The van der Waals surface area contributed by atoms with E-state index in [0.717, 1.165) is 32.2 Å². The van der Waals surface area contributed by atoms with Crippen LogP contribution in [0.3, 0.4) is 0 Å². The molecule has 1 aliphatic carbocycles. The first-order chi connectivity index (χ1) is 9.08. The molecule has 2 rings (SSSR count). The minimum Gasteiger partial charge on any atom is -0.446 e. The van der Waals surface area contributed by atoms with Crippen molar-refractivity contribution in [2.75, 3.05) is 26.7 Å². The number of likely N-dealkylation sites (N-methyl/N-ethyl adjacent to an activating group) is 1. The first-order valence-corrected chi connectivity index (χ1v) is 7.24. The zero-order valence-corrected chi connectivity index (χ0v) is 11.9. The molecule has 19 heavy (non-hydrogen) atoms. The fourth-order valence-corrected chi connectivity index (χ4v) is 2.88. The van der Waals surface area contributed by atoms with Gasteiger partial charge in [-0.05, 0) is 39.7 Å².